The lowest BCUT2D eigenvalue weighted by Gasteiger charge is -2.17. The molecule has 1 amide bonds. The predicted molar refractivity (Wildman–Crippen MR) is 105 cm³/mol. The average molecular weight is 390 g/mol. The number of carboxylic acid groups (broad SMARTS) is 1. The first kappa shape index (κ1) is 20.7. The summed E-state index contributed by atoms with van der Waals surface area (Å²) in [5, 5.41) is 19.4. The highest BCUT2D eigenvalue weighted by Gasteiger charge is 2.18. The van der Waals surface area contributed by atoms with E-state index >= 15 is 0 Å². The molecule has 0 unspecified atom stereocenters. The van der Waals surface area contributed by atoms with E-state index in [0.717, 1.165) is 16.8 Å². The lowest BCUT2D eigenvalue weighted by atomic mass is 10.2. The minimum absolute atomic E-state index is 0.182. The van der Waals surface area contributed by atoms with Gasteiger partial charge >= 0.3 is 0 Å². The number of anilines is 2. The van der Waals surface area contributed by atoms with Gasteiger partial charge in [0.2, 0.25) is 5.91 Å². The summed E-state index contributed by atoms with van der Waals surface area (Å²) in [6.07, 6.45) is -0.182. The molecule has 1 atom stereocenters. The Bertz CT molecular complexity index is 811. The zero-order chi connectivity index (χ0) is 19.8. The molecule has 0 aromatic heterocycles. The van der Waals surface area contributed by atoms with Crippen molar-refractivity contribution in [1.82, 2.24) is 0 Å². The molecule has 0 heterocycles. The number of carbonyl (C=O) groups excluding carboxylic acids is 2. The van der Waals surface area contributed by atoms with Gasteiger partial charge in [0.05, 0.1) is 25.5 Å². The molecule has 144 valence electrons. The summed E-state index contributed by atoms with van der Waals surface area (Å²) in [5.74, 6) is -1.66. The van der Waals surface area contributed by atoms with Crippen molar-refractivity contribution in [2.45, 2.75) is 26.3 Å². The summed E-state index contributed by atoms with van der Waals surface area (Å²) in [4.78, 5) is 23.5. The van der Waals surface area contributed by atoms with Gasteiger partial charge in [0.1, 0.15) is 6.04 Å². The number of halogens is 1. The van der Waals surface area contributed by atoms with Crippen LogP contribution >= 0.6 is 11.6 Å². The summed E-state index contributed by atoms with van der Waals surface area (Å²) < 4.78 is 0. The highest BCUT2D eigenvalue weighted by Crippen LogP contribution is 2.20. The number of carbonyl (C=O) groups is 2. The van der Waals surface area contributed by atoms with Gasteiger partial charge in [-0.15, -0.1) is 0 Å². The highest BCUT2D eigenvalue weighted by atomic mass is 35.5. The standard InChI is InChI=1S/C20H24ClN3O3/c1-13-4-3-5-15(10-13)22-8-9-23-18(20(26)27)12-19(25)24-16-7-6-14(2)17(21)11-16/h3-7,10-11,18,22-23H,8-9,12H2,1-2H3,(H,24,25)(H,26,27)/t18-/m1/s1. The Morgan fingerprint density at radius 1 is 1.15 bits per heavy atom. The Morgan fingerprint density at radius 2 is 1.93 bits per heavy atom. The van der Waals surface area contributed by atoms with Crippen LogP contribution in [0.2, 0.25) is 5.02 Å². The van der Waals surface area contributed by atoms with Gasteiger partial charge in [0.15, 0.2) is 0 Å². The second kappa shape index (κ2) is 9.94. The van der Waals surface area contributed by atoms with Gasteiger partial charge in [-0.2, -0.15) is 0 Å². The summed E-state index contributed by atoms with van der Waals surface area (Å²) in [7, 11) is 0. The van der Waals surface area contributed by atoms with Crippen LogP contribution in [-0.4, -0.2) is 31.0 Å². The van der Waals surface area contributed by atoms with Gasteiger partial charge in [0.25, 0.3) is 0 Å². The smallest absolute Gasteiger partial charge is 0.230 e. The molecule has 6 nitrogen and oxygen atoms in total. The lowest BCUT2D eigenvalue weighted by Crippen LogP contribution is -2.94. The van der Waals surface area contributed by atoms with E-state index in [4.69, 9.17) is 11.6 Å². The first-order valence-electron chi connectivity index (χ1n) is 8.76. The third kappa shape index (κ3) is 6.92. The molecule has 2 aromatic rings. The monoisotopic (exact) mass is 389 g/mol. The molecule has 0 aliphatic rings. The van der Waals surface area contributed by atoms with Crippen LogP contribution in [0.1, 0.15) is 17.5 Å². The van der Waals surface area contributed by atoms with Gasteiger partial charge in [-0.05, 0) is 49.2 Å². The topological polar surface area (TPSA) is 97.9 Å². The minimum atomic E-state index is -1.26. The van der Waals surface area contributed by atoms with E-state index in [2.05, 4.69) is 10.6 Å². The van der Waals surface area contributed by atoms with Crippen LogP contribution in [0.4, 0.5) is 11.4 Å². The Labute approximate surface area is 163 Å². The van der Waals surface area contributed by atoms with Crippen molar-refractivity contribution in [3.63, 3.8) is 0 Å². The largest absolute Gasteiger partial charge is 0.544 e. The minimum Gasteiger partial charge on any atom is -0.544 e. The van der Waals surface area contributed by atoms with Crippen LogP contribution in [0.15, 0.2) is 42.5 Å². The molecular weight excluding hydrogens is 366 g/mol. The number of nitrogens with one attached hydrogen (secondary N) is 2. The van der Waals surface area contributed by atoms with Crippen molar-refractivity contribution < 1.29 is 20.0 Å². The molecule has 7 heteroatoms. The van der Waals surface area contributed by atoms with E-state index < -0.39 is 17.9 Å². The van der Waals surface area contributed by atoms with E-state index in [9.17, 15) is 14.7 Å². The fraction of sp³-hybridized carbons (Fsp3) is 0.300. The van der Waals surface area contributed by atoms with E-state index in [1.165, 1.54) is 0 Å². The van der Waals surface area contributed by atoms with Crippen molar-refractivity contribution >= 4 is 34.9 Å². The van der Waals surface area contributed by atoms with Crippen LogP contribution in [0.5, 0.6) is 0 Å². The first-order valence-corrected chi connectivity index (χ1v) is 9.13. The number of benzene rings is 2. The lowest BCUT2D eigenvalue weighted by molar-refractivity contribution is -0.680. The molecule has 0 spiro atoms. The average Bonchev–Trinajstić information content (AvgIpc) is 2.60. The molecule has 2 rings (SSSR count). The number of quaternary nitrogens is 1. The molecular formula is C20H24ClN3O3. The normalized spacial score (nSPS) is 11.7. The Balaban J connectivity index is 1.81. The third-order valence-corrected chi connectivity index (χ3v) is 4.51. The predicted octanol–water partition coefficient (Wildman–Crippen LogP) is 1.08. The van der Waals surface area contributed by atoms with E-state index in [0.29, 0.717) is 23.8 Å². The van der Waals surface area contributed by atoms with Crippen molar-refractivity contribution in [3.8, 4) is 0 Å². The number of hydrogen-bond donors (Lipinski definition) is 3. The van der Waals surface area contributed by atoms with E-state index in [1.807, 2.05) is 38.1 Å². The number of amides is 1. The fourth-order valence-corrected chi connectivity index (χ4v) is 2.78. The van der Waals surface area contributed by atoms with Crippen LogP contribution in [0.25, 0.3) is 0 Å². The second-order valence-electron chi connectivity index (χ2n) is 6.46. The maximum atomic E-state index is 12.1. The Morgan fingerprint density at radius 3 is 2.59 bits per heavy atom. The van der Waals surface area contributed by atoms with E-state index in [-0.39, 0.29) is 6.42 Å². The summed E-state index contributed by atoms with van der Waals surface area (Å²) in [5.41, 5.74) is 3.55. The number of nitrogens with two attached hydrogens (primary N) is 1. The van der Waals surface area contributed by atoms with Crippen molar-refractivity contribution in [3.05, 3.63) is 58.6 Å². The SMILES string of the molecule is Cc1cccc(NCC[NH2+][C@H](CC(=O)Nc2ccc(C)c(Cl)c2)C(=O)[O-])c1. The Kier molecular flexibility index (Phi) is 7.64. The van der Waals surface area contributed by atoms with Gasteiger partial charge in [-0.25, -0.2) is 0 Å². The van der Waals surface area contributed by atoms with Crippen molar-refractivity contribution in [2.24, 2.45) is 0 Å². The fourth-order valence-electron chi connectivity index (χ4n) is 2.60. The molecule has 0 bridgehead atoms. The molecule has 2 aromatic carbocycles. The van der Waals surface area contributed by atoms with Crippen LogP contribution in [0, 0.1) is 13.8 Å². The second-order valence-corrected chi connectivity index (χ2v) is 6.87. The van der Waals surface area contributed by atoms with Gasteiger partial charge < -0.3 is 25.9 Å². The highest BCUT2D eigenvalue weighted by molar-refractivity contribution is 6.31. The van der Waals surface area contributed by atoms with Crippen molar-refractivity contribution in [2.75, 3.05) is 23.7 Å². The maximum Gasteiger partial charge on any atom is 0.230 e. The van der Waals surface area contributed by atoms with Gasteiger partial charge in [-0.1, -0.05) is 29.8 Å². The number of rotatable bonds is 9. The quantitative estimate of drug-likeness (QED) is 0.559. The van der Waals surface area contributed by atoms with E-state index in [1.54, 1.807) is 23.5 Å². The third-order valence-electron chi connectivity index (χ3n) is 4.11. The summed E-state index contributed by atoms with van der Waals surface area (Å²) in [6, 6.07) is 12.1. The van der Waals surface area contributed by atoms with Crippen LogP contribution < -0.4 is 21.1 Å². The zero-order valence-electron chi connectivity index (χ0n) is 15.4. The number of carboxylic acids is 1. The molecule has 0 saturated carbocycles. The van der Waals surface area contributed by atoms with Gasteiger partial charge in [-0.3, -0.25) is 4.79 Å². The van der Waals surface area contributed by atoms with Crippen LogP contribution in [0.3, 0.4) is 0 Å². The number of aryl methyl sites for hydroxylation is 2. The molecule has 0 saturated heterocycles. The van der Waals surface area contributed by atoms with Crippen LogP contribution in [-0.2, 0) is 9.59 Å². The van der Waals surface area contributed by atoms with Gasteiger partial charge in [0, 0.05) is 16.4 Å². The summed E-state index contributed by atoms with van der Waals surface area (Å²) >= 11 is 6.03. The van der Waals surface area contributed by atoms with Crippen molar-refractivity contribution in [1.29, 1.82) is 0 Å². The molecule has 0 aliphatic carbocycles. The number of hydrogen-bond acceptors (Lipinski definition) is 4. The molecule has 0 radical (unpaired) electrons. The first-order chi connectivity index (χ1) is 12.8. The molecule has 4 N–H and O–H groups in total. The molecule has 0 fully saturated rings. The summed E-state index contributed by atoms with van der Waals surface area (Å²) in [6.45, 7) is 4.93. The zero-order valence-corrected chi connectivity index (χ0v) is 16.2. The molecule has 27 heavy (non-hydrogen) atoms. The molecule has 0 aliphatic heterocycles. The maximum absolute atomic E-state index is 12.1. The Hall–Kier alpha value is -2.57. The number of aliphatic carboxylic acids is 1.